The number of rotatable bonds is 3. The second-order valence-electron chi connectivity index (χ2n) is 7.17. The second-order valence-corrected chi connectivity index (χ2v) is 7.17. The van der Waals surface area contributed by atoms with E-state index in [1.807, 2.05) is 12.2 Å². The molecule has 2 aromatic rings. The maximum atomic E-state index is 3.66. The van der Waals surface area contributed by atoms with Crippen LogP contribution >= 0.6 is 0 Å². The molecule has 28 heavy (non-hydrogen) atoms. The molecular weight excluding hydrogens is 418 g/mol. The molecule has 2 aromatic carbocycles. The first kappa shape index (κ1) is 26.6. The fraction of sp³-hybridized carbons (Fsp3) is 0.308. The molecule has 0 atom stereocenters. The Bertz CT molecular complexity index is 769. The predicted molar refractivity (Wildman–Crippen MR) is 121 cm³/mol. The molecular formula is C26H33NZr. The summed E-state index contributed by atoms with van der Waals surface area (Å²) in [5.41, 5.74) is 6.73. The van der Waals surface area contributed by atoms with Gasteiger partial charge in [0.25, 0.3) is 0 Å². The molecule has 0 N–H and O–H groups in total. The third-order valence-electron chi connectivity index (χ3n) is 4.66. The third-order valence-corrected chi connectivity index (χ3v) is 4.66. The van der Waals surface area contributed by atoms with E-state index in [1.165, 1.54) is 27.9 Å². The van der Waals surface area contributed by atoms with Gasteiger partial charge in [-0.2, -0.15) is 18.2 Å². The van der Waals surface area contributed by atoms with Crippen molar-refractivity contribution in [3.05, 3.63) is 92.7 Å². The van der Waals surface area contributed by atoms with Crippen LogP contribution in [0.2, 0.25) is 0 Å². The first-order chi connectivity index (χ1) is 12.1. The number of hydrogen-bond acceptors (Lipinski definition) is 1. The van der Waals surface area contributed by atoms with Crippen molar-refractivity contribution in [1.82, 2.24) is 0 Å². The summed E-state index contributed by atoms with van der Waals surface area (Å²) in [5.74, 6) is 0. The maximum absolute atomic E-state index is 3.66. The van der Waals surface area contributed by atoms with Gasteiger partial charge in [-0.3, -0.25) is 6.08 Å². The first-order valence-corrected chi connectivity index (χ1v) is 9.21. The van der Waals surface area contributed by atoms with E-state index < -0.39 is 0 Å². The largest absolute Gasteiger partial charge is 4.00 e. The molecule has 0 spiro atoms. The van der Waals surface area contributed by atoms with Crippen molar-refractivity contribution < 1.29 is 26.2 Å². The quantitative estimate of drug-likeness (QED) is 0.393. The topological polar surface area (TPSA) is 3.24 Å². The Morgan fingerprint density at radius 3 is 2.11 bits per heavy atom. The molecule has 1 nitrogen and oxygen atoms in total. The summed E-state index contributed by atoms with van der Waals surface area (Å²) in [6, 6.07) is 17.8. The van der Waals surface area contributed by atoms with Crippen molar-refractivity contribution in [2.45, 2.75) is 52.6 Å². The zero-order valence-electron chi connectivity index (χ0n) is 18.2. The van der Waals surface area contributed by atoms with E-state index in [9.17, 15) is 0 Å². The number of nitrogens with zero attached hydrogens (tertiary/aromatic N) is 1. The van der Waals surface area contributed by atoms with Crippen LogP contribution in [0.25, 0.3) is 11.1 Å². The fourth-order valence-electron chi connectivity index (χ4n) is 3.69. The predicted octanol–water partition coefficient (Wildman–Crippen LogP) is 6.88. The van der Waals surface area contributed by atoms with Gasteiger partial charge in [0, 0.05) is 12.1 Å². The van der Waals surface area contributed by atoms with Gasteiger partial charge < -0.3 is 19.8 Å². The SMILES string of the molecule is CC(C)N(c1[c-]c2c(cc1)-c1ccccc1C2)C(C)C.[C-]1=CC=CC1.[CH3-].[CH3-].[Zr+4]. The van der Waals surface area contributed by atoms with Crippen molar-refractivity contribution in [3.8, 4) is 11.1 Å². The van der Waals surface area contributed by atoms with Crippen LogP contribution < -0.4 is 4.90 Å². The molecule has 0 amide bonds. The zero-order chi connectivity index (χ0) is 17.8. The number of anilines is 1. The Kier molecular flexibility index (Phi) is 11.6. The van der Waals surface area contributed by atoms with Gasteiger partial charge in [-0.05, 0) is 34.1 Å². The van der Waals surface area contributed by atoms with Crippen molar-refractivity contribution in [3.63, 3.8) is 0 Å². The second kappa shape index (κ2) is 12.2. The summed E-state index contributed by atoms with van der Waals surface area (Å²) >= 11 is 0. The molecule has 2 aliphatic carbocycles. The fourth-order valence-corrected chi connectivity index (χ4v) is 3.69. The molecule has 2 aliphatic rings. The molecule has 0 saturated carbocycles. The minimum absolute atomic E-state index is 0. The summed E-state index contributed by atoms with van der Waals surface area (Å²) < 4.78 is 0. The molecule has 146 valence electrons. The third kappa shape index (κ3) is 6.05. The van der Waals surface area contributed by atoms with E-state index in [1.54, 1.807) is 0 Å². The van der Waals surface area contributed by atoms with Crippen molar-refractivity contribution >= 4 is 5.69 Å². The normalized spacial score (nSPS) is 12.2. The summed E-state index contributed by atoms with van der Waals surface area (Å²) in [7, 11) is 0. The average molecular weight is 451 g/mol. The van der Waals surface area contributed by atoms with Crippen LogP contribution in [0.1, 0.15) is 45.2 Å². The standard InChI is InChI=1S/C19H22N.C5H5.2CH3.Zr/c1-13(2)20(14(3)4)17-9-10-19-16(12-17)11-15-7-5-6-8-18(15)19;1-2-4-5-3-1;;;/h5-10,13-14H,11H2,1-4H3;1-3H,4H2;2*1H3;/q4*-1;+4. The molecule has 2 heteroatoms. The van der Waals surface area contributed by atoms with Gasteiger partial charge >= 0.3 is 26.2 Å². The summed E-state index contributed by atoms with van der Waals surface area (Å²) in [6.45, 7) is 8.98. The first-order valence-electron chi connectivity index (χ1n) is 9.21. The van der Waals surface area contributed by atoms with Crippen LogP contribution in [0.3, 0.4) is 0 Å². The molecule has 0 unspecified atom stereocenters. The number of fused-ring (bicyclic) bond motifs is 3. The molecule has 0 fully saturated rings. The monoisotopic (exact) mass is 449 g/mol. The van der Waals surface area contributed by atoms with E-state index >= 15 is 0 Å². The molecule has 0 aromatic heterocycles. The van der Waals surface area contributed by atoms with Gasteiger partial charge in [-0.1, -0.05) is 41.1 Å². The van der Waals surface area contributed by atoms with Crippen LogP contribution in [-0.4, -0.2) is 12.1 Å². The van der Waals surface area contributed by atoms with E-state index in [2.05, 4.69) is 87.2 Å². The summed E-state index contributed by atoms with van der Waals surface area (Å²) in [5, 5.41) is 0. The van der Waals surface area contributed by atoms with Crippen LogP contribution in [0, 0.1) is 27.0 Å². The Morgan fingerprint density at radius 2 is 1.57 bits per heavy atom. The maximum Gasteiger partial charge on any atom is 4.00 e. The molecule has 0 aliphatic heterocycles. The Balaban J connectivity index is 0.000000801. The number of benzene rings is 2. The molecule has 0 bridgehead atoms. The van der Waals surface area contributed by atoms with Gasteiger partial charge in [0.05, 0.1) is 0 Å². The summed E-state index contributed by atoms with van der Waals surface area (Å²) in [4.78, 5) is 2.43. The van der Waals surface area contributed by atoms with Gasteiger partial charge in [-0.25, -0.2) is 12.2 Å². The number of allylic oxidation sites excluding steroid dienone is 4. The van der Waals surface area contributed by atoms with Gasteiger partial charge in [-0.15, -0.1) is 23.6 Å². The average Bonchev–Trinajstić information content (AvgIpc) is 3.25. The Labute approximate surface area is 192 Å². The van der Waals surface area contributed by atoms with Crippen molar-refractivity contribution in [2.75, 3.05) is 4.90 Å². The van der Waals surface area contributed by atoms with Crippen LogP contribution in [0.15, 0.2) is 54.6 Å². The van der Waals surface area contributed by atoms with Crippen molar-refractivity contribution in [2.24, 2.45) is 0 Å². The van der Waals surface area contributed by atoms with E-state index in [-0.39, 0.29) is 41.1 Å². The molecule has 0 radical (unpaired) electrons. The van der Waals surface area contributed by atoms with E-state index in [0.29, 0.717) is 12.1 Å². The smallest absolute Gasteiger partial charge is 0.389 e. The van der Waals surface area contributed by atoms with Crippen LogP contribution in [-0.2, 0) is 32.6 Å². The number of hydrogen-bond donors (Lipinski definition) is 0. The minimum atomic E-state index is 0. The minimum Gasteiger partial charge on any atom is -0.389 e. The van der Waals surface area contributed by atoms with Gasteiger partial charge in [0.1, 0.15) is 0 Å². The molecule has 0 heterocycles. The molecule has 4 rings (SSSR count). The van der Waals surface area contributed by atoms with Gasteiger partial charge in [0.2, 0.25) is 0 Å². The Morgan fingerprint density at radius 1 is 0.893 bits per heavy atom. The summed E-state index contributed by atoms with van der Waals surface area (Å²) in [6.07, 6.45) is 11.0. The van der Waals surface area contributed by atoms with Gasteiger partial charge in [0.15, 0.2) is 0 Å². The molecule has 0 saturated heterocycles. The van der Waals surface area contributed by atoms with E-state index in [4.69, 9.17) is 0 Å². The van der Waals surface area contributed by atoms with Crippen molar-refractivity contribution in [1.29, 1.82) is 0 Å². The van der Waals surface area contributed by atoms with Crippen LogP contribution in [0.5, 0.6) is 0 Å². The van der Waals surface area contributed by atoms with E-state index in [0.717, 1.165) is 12.8 Å². The van der Waals surface area contributed by atoms with Crippen LogP contribution in [0.4, 0.5) is 5.69 Å². The zero-order valence-corrected chi connectivity index (χ0v) is 20.7. The Hall–Kier alpha value is -1.40.